The number of carboxylic acids is 7. The highest BCUT2D eigenvalue weighted by Gasteiger charge is 2.32. The number of nitrogens with zero attached hydrogens (tertiary/aromatic N) is 15. The normalized spacial score (nSPS) is 11.3. The van der Waals surface area contributed by atoms with Gasteiger partial charge in [-0.1, -0.05) is 108 Å². The Kier molecular flexibility index (Phi) is 42.1. The summed E-state index contributed by atoms with van der Waals surface area (Å²) in [6, 6.07) is 38.6. The van der Waals surface area contributed by atoms with Gasteiger partial charge in [0.2, 0.25) is 0 Å². The number of aromatic carboxylic acids is 5. The quantitative estimate of drug-likeness (QED) is 0.0297. The lowest BCUT2D eigenvalue weighted by Gasteiger charge is -2.21. The lowest BCUT2D eigenvalue weighted by molar-refractivity contribution is -0.137. The van der Waals surface area contributed by atoms with Crippen LogP contribution in [0.1, 0.15) is 166 Å². The molecule has 0 aliphatic carbocycles. The van der Waals surface area contributed by atoms with Crippen LogP contribution in [0, 0.1) is 38.5 Å². The van der Waals surface area contributed by atoms with E-state index in [4.69, 9.17) is 55.3 Å². The summed E-state index contributed by atoms with van der Waals surface area (Å²) in [5, 5.41) is 87.5. The van der Waals surface area contributed by atoms with Crippen molar-refractivity contribution in [2.45, 2.75) is 122 Å². The highest BCUT2D eigenvalue weighted by Crippen LogP contribution is 2.33. The third kappa shape index (κ3) is 42.0. The molecule has 8 heterocycles. The van der Waals surface area contributed by atoms with E-state index >= 15 is 0 Å². The van der Waals surface area contributed by atoms with E-state index in [9.17, 15) is 55.9 Å². The summed E-state index contributed by atoms with van der Waals surface area (Å²) in [4.78, 5) is 127. The van der Waals surface area contributed by atoms with Crippen LogP contribution in [-0.4, -0.2) is 196 Å². The van der Waals surface area contributed by atoms with Gasteiger partial charge < -0.3 is 55.3 Å². The van der Waals surface area contributed by atoms with Crippen molar-refractivity contribution < 1.29 is 111 Å². The van der Waals surface area contributed by atoms with E-state index in [2.05, 4.69) is 90.0 Å². The van der Waals surface area contributed by atoms with Gasteiger partial charge in [0.05, 0.1) is 36.1 Å². The van der Waals surface area contributed by atoms with E-state index in [0.717, 1.165) is 30.6 Å². The highest BCUT2D eigenvalue weighted by atomic mass is 31.2. The molecule has 42 heteroatoms. The van der Waals surface area contributed by atoms with Crippen LogP contribution in [0.4, 0.5) is 18.9 Å². The highest BCUT2D eigenvalue weighted by molar-refractivity contribution is 7.60. The molecule has 11 aromatic rings. The zero-order valence-electron chi connectivity index (χ0n) is 68.8. The Hall–Kier alpha value is -13.4. The van der Waals surface area contributed by atoms with E-state index < -0.39 is 79.8 Å². The van der Waals surface area contributed by atoms with Crippen LogP contribution >= 0.6 is 15.2 Å². The summed E-state index contributed by atoms with van der Waals surface area (Å²) in [6.07, 6.45) is 7.54. The molecule has 0 atom stereocenters. The van der Waals surface area contributed by atoms with Gasteiger partial charge in [0.25, 0.3) is 0 Å². The topological polar surface area (TPSA) is 568 Å². The zero-order valence-corrected chi connectivity index (χ0v) is 70.6. The van der Waals surface area contributed by atoms with Crippen LogP contribution < -0.4 is 10.9 Å². The fourth-order valence-corrected chi connectivity index (χ4v) is 10.0. The Labute approximate surface area is 693 Å². The number of carbonyl (C=O) groups is 7. The van der Waals surface area contributed by atoms with Crippen LogP contribution in [0.3, 0.4) is 0 Å². The second-order valence-electron chi connectivity index (χ2n) is 27.9. The number of H-pyrrole nitrogens is 2. The van der Waals surface area contributed by atoms with Crippen molar-refractivity contribution in [3.05, 3.63) is 256 Å². The lowest BCUT2D eigenvalue weighted by Crippen LogP contribution is -2.30. The molecular formula is C79H98F3N17O20P2. The lowest BCUT2D eigenvalue weighted by atomic mass is 9.89. The van der Waals surface area contributed by atoms with Gasteiger partial charge in [-0.15, -0.1) is 0 Å². The van der Waals surface area contributed by atoms with E-state index in [1.807, 2.05) is 120 Å². The number of aromatic nitrogens is 14. The SMILES string of the molecule is CC(=NC(C)C)c1ccccc1C(=O)O.CC(=Nc1ccccc1)C(=O)O.CC(C)(C)CN=C(C(=O)O)C(C)(C)C.Cc1cc(C(=O)O)n[nH]1.Cc1cc(C(F)(F)F)cc(C(=O)O)n1.Cc1cccc(P(=O)(O)O)n1.Cc1cn[nH]c1C(=O)O.Cn1ccc(C(=O)O)n1.Cn1ccc(P(=O)(O)O)n1.c1cc(Cn2cccn2)cc(Cn2cccn2)c1. The van der Waals surface area contributed by atoms with Crippen molar-refractivity contribution >= 4 is 90.7 Å². The van der Waals surface area contributed by atoms with Crippen molar-refractivity contribution in [1.82, 2.24) is 69.5 Å². The maximum Gasteiger partial charge on any atom is 0.416 e. The van der Waals surface area contributed by atoms with Crippen molar-refractivity contribution in [2.24, 2.45) is 39.9 Å². The maximum atomic E-state index is 12.2. The average Bonchev–Trinajstić information content (AvgIpc) is 1.36. The molecule has 0 aliphatic heterocycles. The zero-order chi connectivity index (χ0) is 91.9. The summed E-state index contributed by atoms with van der Waals surface area (Å²) >= 11 is 0. The molecule has 8 aromatic heterocycles. The number of nitrogens with one attached hydrogen (secondary N) is 2. The van der Waals surface area contributed by atoms with Crippen LogP contribution in [0.15, 0.2) is 198 Å². The van der Waals surface area contributed by atoms with Crippen molar-refractivity contribution in [1.29, 1.82) is 0 Å². The summed E-state index contributed by atoms with van der Waals surface area (Å²) in [7, 11) is -5.02. The number of aryl methyl sites for hydroxylation is 6. The first-order chi connectivity index (χ1) is 56.1. The van der Waals surface area contributed by atoms with E-state index in [1.54, 1.807) is 95.9 Å². The summed E-state index contributed by atoms with van der Waals surface area (Å²) in [6.45, 7) is 27.5. The minimum Gasteiger partial charge on any atom is -0.478 e. The monoisotopic (exact) mass is 1720 g/mol. The molecule has 650 valence electrons. The molecule has 3 aromatic carbocycles. The third-order valence-electron chi connectivity index (χ3n) is 14.4. The largest absolute Gasteiger partial charge is 0.478 e. The van der Waals surface area contributed by atoms with Crippen LogP contribution in [0.2, 0.25) is 0 Å². The van der Waals surface area contributed by atoms with E-state index in [-0.39, 0.29) is 56.5 Å². The molecule has 11 rings (SSSR count). The second-order valence-corrected chi connectivity index (χ2v) is 31.0. The maximum absolute atomic E-state index is 12.2. The van der Waals surface area contributed by atoms with Gasteiger partial charge in [0, 0.05) is 103 Å². The standard InChI is InChI=1S/C14H14N4.C12H15NO2.C11H21NO2.C9H9NO2.C8H6F3NO2.C6H8NO3P.3C5H6N2O2.C4H7N2O3P/c1-4-13(11-17-8-2-6-15-17)10-14(5-1)12-18-9-3-7-16-18;1-8(2)13-9(3)10-6-4-5-7-11(10)12(14)15;1-10(2,3)7-12-8(9(13)14)11(4,5)6;1-7(9(11)12)10-8-5-3-2-4-6-8;1-4-2-5(8(9,10)11)3-6(12-4)7(13)14;1-5-3-2-4-6(7-5)11(8,9)10;1-7-3-2-4(6-7)5(8)9;1-3-2-6-7-4(3)5(8)9;1-3-2-4(5(8)9)7-6-3;1-6-3-2-4(5-6)10(7,8)9/h1-10H,11-12H2;4-8H,1-3H3,(H,14,15);7H2,1-6H3,(H,13,14);2-6H,1H3,(H,11,12);2-3H,1H3,(H,13,14);2-4H,1H3,(H2,8,9,10);2-3H,1H3,(H,8,9);2*2H,1H3,(H,6,7)(H,8,9);2-3H,1H3,(H2,7,8,9). The van der Waals surface area contributed by atoms with Gasteiger partial charge in [-0.3, -0.25) is 48.0 Å². The number of rotatable bonds is 17. The number of carboxylic acid groups (broad SMARTS) is 7. The number of hydrogen-bond donors (Lipinski definition) is 13. The smallest absolute Gasteiger partial charge is 0.416 e. The Morgan fingerprint density at radius 2 is 1.05 bits per heavy atom. The van der Waals surface area contributed by atoms with Gasteiger partial charge in [-0.2, -0.15) is 43.8 Å². The molecule has 0 spiro atoms. The molecule has 0 radical (unpaired) electrons. The molecule has 0 aliphatic rings. The van der Waals surface area contributed by atoms with Crippen molar-refractivity contribution in [2.75, 3.05) is 6.54 Å². The van der Waals surface area contributed by atoms with E-state index in [0.29, 0.717) is 40.7 Å². The summed E-state index contributed by atoms with van der Waals surface area (Å²) in [5.41, 5.74) is 5.33. The first-order valence-corrected chi connectivity index (χ1v) is 38.9. The van der Waals surface area contributed by atoms with Crippen molar-refractivity contribution in [3.63, 3.8) is 0 Å². The second kappa shape index (κ2) is 49.1. The van der Waals surface area contributed by atoms with Gasteiger partial charge in [-0.25, -0.2) is 48.5 Å². The molecule has 0 unspecified atom stereocenters. The average molecular weight is 1720 g/mol. The Morgan fingerprint density at radius 3 is 1.40 bits per heavy atom. The number of para-hydroxylation sites is 1. The number of benzene rings is 3. The van der Waals surface area contributed by atoms with E-state index in [1.165, 1.54) is 71.0 Å². The fraction of sp³-hybridized carbons (Fsp3) is 0.291. The number of aromatic amines is 2. The molecule has 37 nitrogen and oxygen atoms in total. The first-order valence-electron chi connectivity index (χ1n) is 35.7. The van der Waals surface area contributed by atoms with Crippen LogP contribution in [0.25, 0.3) is 0 Å². The van der Waals surface area contributed by atoms with Gasteiger partial charge >= 0.3 is 63.2 Å². The van der Waals surface area contributed by atoms with Crippen LogP contribution in [0.5, 0.6) is 0 Å². The molecule has 0 saturated carbocycles. The summed E-state index contributed by atoms with van der Waals surface area (Å²) < 4.78 is 64.3. The molecular weight excluding hydrogens is 1630 g/mol. The summed E-state index contributed by atoms with van der Waals surface area (Å²) in [5.74, 6) is -7.25. The minimum atomic E-state index is -4.54. The fourth-order valence-electron chi connectivity index (χ4n) is 8.93. The first kappa shape index (κ1) is 104. The van der Waals surface area contributed by atoms with Crippen molar-refractivity contribution in [3.8, 4) is 0 Å². The van der Waals surface area contributed by atoms with Gasteiger partial charge in [-0.05, 0) is 145 Å². The van der Waals surface area contributed by atoms with Gasteiger partial charge in [0.15, 0.2) is 22.3 Å². The molecule has 0 saturated heterocycles. The van der Waals surface area contributed by atoms with Crippen LogP contribution in [-0.2, 0) is 52.1 Å². The number of pyridine rings is 2. The molecule has 0 fully saturated rings. The number of aliphatic imine (C=N–C) groups is 3. The molecule has 0 bridgehead atoms. The Balaban J connectivity index is 0.000000459. The number of alkyl halides is 3. The molecule has 121 heavy (non-hydrogen) atoms. The Morgan fingerprint density at radius 1 is 0.529 bits per heavy atom. The number of halogens is 3. The molecule has 13 N–H and O–H groups in total. The number of aliphatic carboxylic acids is 2. The molecule has 0 amide bonds. The minimum absolute atomic E-state index is 0.0252. The third-order valence-corrected chi connectivity index (χ3v) is 16.0. The predicted molar refractivity (Wildman–Crippen MR) is 443 cm³/mol. The predicted octanol–water partition coefficient (Wildman–Crippen LogP) is 11.7. The Bertz CT molecular complexity index is 5240. The van der Waals surface area contributed by atoms with Gasteiger partial charge in [0.1, 0.15) is 22.8 Å². The number of hydrogen-bond acceptors (Lipinski definition) is 20.